The minimum absolute atomic E-state index is 0.232. The van der Waals surface area contributed by atoms with Crippen LogP contribution in [0.3, 0.4) is 0 Å². The molecule has 0 aliphatic heterocycles. The van der Waals surface area contributed by atoms with E-state index in [0.717, 1.165) is 37.0 Å². The summed E-state index contributed by atoms with van der Waals surface area (Å²) < 4.78 is 52.3. The number of carbonyl (C=O) groups excluding carboxylic acids is 1. The standard InChI is InChI=1S/C24H24FNO6S/c1-14(2)23(26-33(29,30)21-9-4-3-8-19(21)25)24(28)31-13-17-12-22(27)32-20-11-16-7-5-6-15(16)10-18(17)20/h3-4,8-12,14,23,26H,5-7,13H2,1-2H3/t23-/m0/s1. The molecule has 3 aromatic rings. The van der Waals surface area contributed by atoms with Crippen LogP contribution in [0.2, 0.25) is 0 Å². The van der Waals surface area contributed by atoms with E-state index >= 15 is 0 Å². The number of nitrogens with one attached hydrogen (secondary N) is 1. The third-order valence-electron chi connectivity index (χ3n) is 5.74. The molecule has 33 heavy (non-hydrogen) atoms. The average Bonchev–Trinajstić information content (AvgIpc) is 3.21. The first kappa shape index (κ1) is 23.1. The maximum Gasteiger partial charge on any atom is 0.336 e. The molecule has 0 spiro atoms. The number of esters is 1. The molecule has 0 saturated carbocycles. The number of aryl methyl sites for hydroxylation is 2. The highest BCUT2D eigenvalue weighted by molar-refractivity contribution is 7.89. The molecule has 1 heterocycles. The van der Waals surface area contributed by atoms with E-state index in [1.54, 1.807) is 13.8 Å². The molecule has 0 saturated heterocycles. The molecule has 1 aliphatic carbocycles. The quantitative estimate of drug-likeness (QED) is 0.416. The van der Waals surface area contributed by atoms with Crippen molar-refractivity contribution in [3.8, 4) is 0 Å². The van der Waals surface area contributed by atoms with E-state index in [0.29, 0.717) is 16.5 Å². The van der Waals surface area contributed by atoms with Gasteiger partial charge in [0.05, 0.1) is 0 Å². The van der Waals surface area contributed by atoms with Crippen LogP contribution in [-0.2, 0) is 39.0 Å². The van der Waals surface area contributed by atoms with Crippen LogP contribution in [0.5, 0.6) is 0 Å². The highest BCUT2D eigenvalue weighted by Crippen LogP contribution is 2.29. The van der Waals surface area contributed by atoms with Crippen LogP contribution >= 0.6 is 0 Å². The summed E-state index contributed by atoms with van der Waals surface area (Å²) in [6, 6.07) is 8.74. The van der Waals surface area contributed by atoms with E-state index in [4.69, 9.17) is 9.15 Å². The van der Waals surface area contributed by atoms with E-state index in [9.17, 15) is 22.4 Å². The van der Waals surface area contributed by atoms with Crippen LogP contribution in [0.25, 0.3) is 11.0 Å². The van der Waals surface area contributed by atoms with Crippen molar-refractivity contribution in [3.05, 3.63) is 75.4 Å². The monoisotopic (exact) mass is 473 g/mol. The Labute approximate surface area is 190 Å². The number of benzene rings is 2. The number of halogens is 1. The van der Waals surface area contributed by atoms with Crippen molar-refractivity contribution in [3.63, 3.8) is 0 Å². The third-order valence-corrected chi connectivity index (χ3v) is 7.22. The van der Waals surface area contributed by atoms with Crippen molar-refractivity contribution in [1.29, 1.82) is 0 Å². The fourth-order valence-corrected chi connectivity index (χ4v) is 5.41. The topological polar surface area (TPSA) is 103 Å². The van der Waals surface area contributed by atoms with Gasteiger partial charge in [-0.3, -0.25) is 4.79 Å². The van der Waals surface area contributed by atoms with Crippen molar-refractivity contribution in [1.82, 2.24) is 4.72 Å². The Bertz CT molecular complexity index is 1380. The Morgan fingerprint density at radius 2 is 1.85 bits per heavy atom. The summed E-state index contributed by atoms with van der Waals surface area (Å²) in [6.07, 6.45) is 2.88. The second-order valence-electron chi connectivity index (χ2n) is 8.44. The van der Waals surface area contributed by atoms with Crippen LogP contribution in [-0.4, -0.2) is 20.4 Å². The van der Waals surface area contributed by atoms with Crippen LogP contribution < -0.4 is 10.3 Å². The van der Waals surface area contributed by atoms with Gasteiger partial charge in [0.2, 0.25) is 10.0 Å². The minimum Gasteiger partial charge on any atom is -0.460 e. The van der Waals surface area contributed by atoms with E-state index in [1.807, 2.05) is 12.1 Å². The zero-order valence-electron chi connectivity index (χ0n) is 18.3. The van der Waals surface area contributed by atoms with Gasteiger partial charge in [0.1, 0.15) is 28.9 Å². The van der Waals surface area contributed by atoms with Gasteiger partial charge in [-0.05, 0) is 60.6 Å². The van der Waals surface area contributed by atoms with Crippen molar-refractivity contribution >= 4 is 27.0 Å². The molecular weight excluding hydrogens is 449 g/mol. The zero-order chi connectivity index (χ0) is 23.8. The van der Waals surface area contributed by atoms with Gasteiger partial charge in [-0.15, -0.1) is 0 Å². The summed E-state index contributed by atoms with van der Waals surface area (Å²) in [6.45, 7) is 3.06. The lowest BCUT2D eigenvalue weighted by molar-refractivity contribution is -0.148. The average molecular weight is 474 g/mol. The summed E-state index contributed by atoms with van der Waals surface area (Å²) in [7, 11) is -4.30. The molecule has 1 aliphatic rings. The van der Waals surface area contributed by atoms with Crippen molar-refractivity contribution < 1.29 is 26.8 Å². The largest absolute Gasteiger partial charge is 0.460 e. The van der Waals surface area contributed by atoms with E-state index in [1.165, 1.54) is 23.8 Å². The Kier molecular flexibility index (Phi) is 6.36. The summed E-state index contributed by atoms with van der Waals surface area (Å²) in [5, 5.41) is 0.677. The number of fused-ring (bicyclic) bond motifs is 2. The summed E-state index contributed by atoms with van der Waals surface area (Å²) in [5.74, 6) is -2.22. The van der Waals surface area contributed by atoms with Gasteiger partial charge in [-0.1, -0.05) is 26.0 Å². The zero-order valence-corrected chi connectivity index (χ0v) is 19.1. The highest BCUT2D eigenvalue weighted by Gasteiger charge is 2.31. The first-order valence-electron chi connectivity index (χ1n) is 10.7. The lowest BCUT2D eigenvalue weighted by Crippen LogP contribution is -2.45. The second kappa shape index (κ2) is 9.07. The SMILES string of the molecule is CC(C)[C@H](NS(=O)(=O)c1ccccc1F)C(=O)OCc1cc(=O)oc2cc3c(cc12)CCC3. The first-order chi connectivity index (χ1) is 15.7. The number of rotatable bonds is 7. The van der Waals surface area contributed by atoms with E-state index in [2.05, 4.69) is 4.72 Å². The second-order valence-corrected chi connectivity index (χ2v) is 10.1. The number of sulfonamides is 1. The van der Waals surface area contributed by atoms with Crippen molar-refractivity contribution in [2.45, 2.75) is 50.7 Å². The van der Waals surface area contributed by atoms with Crippen LogP contribution in [0.1, 0.15) is 37.0 Å². The predicted molar refractivity (Wildman–Crippen MR) is 120 cm³/mol. The van der Waals surface area contributed by atoms with Gasteiger partial charge in [0, 0.05) is 17.0 Å². The predicted octanol–water partition coefficient (Wildman–Crippen LogP) is 3.47. The number of ether oxygens (including phenoxy) is 1. The van der Waals surface area contributed by atoms with Crippen LogP contribution in [0, 0.1) is 11.7 Å². The van der Waals surface area contributed by atoms with Gasteiger partial charge >= 0.3 is 11.6 Å². The Morgan fingerprint density at radius 1 is 1.15 bits per heavy atom. The maximum absolute atomic E-state index is 14.0. The molecule has 0 amide bonds. The molecule has 0 fully saturated rings. The molecule has 9 heteroatoms. The van der Waals surface area contributed by atoms with Crippen LogP contribution in [0.15, 0.2) is 56.6 Å². The third kappa shape index (κ3) is 4.84. The fourth-order valence-electron chi connectivity index (χ4n) is 4.00. The fraction of sp³-hybridized carbons (Fsp3) is 0.333. The molecule has 1 aromatic heterocycles. The smallest absolute Gasteiger partial charge is 0.336 e. The van der Waals surface area contributed by atoms with Gasteiger partial charge in [-0.2, -0.15) is 4.72 Å². The summed E-state index contributed by atoms with van der Waals surface area (Å²) >= 11 is 0. The van der Waals surface area contributed by atoms with Gasteiger partial charge in [0.15, 0.2) is 0 Å². The van der Waals surface area contributed by atoms with Gasteiger partial charge in [-0.25, -0.2) is 17.6 Å². The van der Waals surface area contributed by atoms with Crippen molar-refractivity contribution in [2.24, 2.45) is 5.92 Å². The first-order valence-corrected chi connectivity index (χ1v) is 12.2. The molecule has 0 bridgehead atoms. The highest BCUT2D eigenvalue weighted by atomic mass is 32.2. The Morgan fingerprint density at radius 3 is 2.55 bits per heavy atom. The molecule has 0 radical (unpaired) electrons. The van der Waals surface area contributed by atoms with Gasteiger partial charge in [0.25, 0.3) is 0 Å². The van der Waals surface area contributed by atoms with Gasteiger partial charge < -0.3 is 9.15 Å². The molecule has 1 N–H and O–H groups in total. The lowest BCUT2D eigenvalue weighted by Gasteiger charge is -2.21. The molecule has 4 rings (SSSR count). The number of hydrogen-bond donors (Lipinski definition) is 1. The number of carbonyl (C=O) groups is 1. The Balaban J connectivity index is 1.56. The number of hydrogen-bond acceptors (Lipinski definition) is 6. The maximum atomic E-state index is 14.0. The summed E-state index contributed by atoms with van der Waals surface area (Å²) in [5.41, 5.74) is 2.65. The summed E-state index contributed by atoms with van der Waals surface area (Å²) in [4.78, 5) is 24.3. The van der Waals surface area contributed by atoms with Crippen molar-refractivity contribution in [2.75, 3.05) is 0 Å². The molecule has 1 atom stereocenters. The minimum atomic E-state index is -4.30. The van der Waals surface area contributed by atoms with Crippen LogP contribution in [0.4, 0.5) is 4.39 Å². The normalized spacial score (nSPS) is 14.4. The van der Waals surface area contributed by atoms with E-state index in [-0.39, 0.29) is 6.61 Å². The molecule has 0 unspecified atom stereocenters. The Hall–Kier alpha value is -3.04. The molecule has 7 nitrogen and oxygen atoms in total. The molecule has 2 aromatic carbocycles. The molecular formula is C24H24FNO6S. The molecule has 174 valence electrons. The van der Waals surface area contributed by atoms with E-state index < -0.39 is 44.3 Å². The lowest BCUT2D eigenvalue weighted by atomic mass is 10.0.